The van der Waals surface area contributed by atoms with Gasteiger partial charge in [-0.2, -0.15) is 0 Å². The van der Waals surface area contributed by atoms with E-state index >= 15 is 0 Å². The van der Waals surface area contributed by atoms with Crippen molar-refractivity contribution in [3.63, 3.8) is 0 Å². The van der Waals surface area contributed by atoms with Crippen LogP contribution in [-0.4, -0.2) is 9.38 Å². The maximum absolute atomic E-state index is 6.64. The molecule has 0 fully saturated rings. The van der Waals surface area contributed by atoms with Gasteiger partial charge in [0.05, 0.1) is 16.6 Å². The highest BCUT2D eigenvalue weighted by molar-refractivity contribution is 8.25. The van der Waals surface area contributed by atoms with Gasteiger partial charge in [0.25, 0.3) is 0 Å². The minimum absolute atomic E-state index is 0.989. The van der Waals surface area contributed by atoms with E-state index in [2.05, 4.69) is 144 Å². The Kier molecular flexibility index (Phi) is 5.00. The molecule has 0 radical (unpaired) electrons. The van der Waals surface area contributed by atoms with Crippen LogP contribution in [0.4, 0.5) is 0 Å². The maximum Gasteiger partial charge on any atom is 0.146 e. The van der Waals surface area contributed by atoms with Crippen LogP contribution in [0.2, 0.25) is 0 Å². The lowest BCUT2D eigenvalue weighted by Crippen LogP contribution is -2.24. The lowest BCUT2D eigenvalue weighted by Gasteiger charge is -2.24. The van der Waals surface area contributed by atoms with E-state index in [0.29, 0.717) is 0 Å². The molecular formula is C35H23N2PS. The summed E-state index contributed by atoms with van der Waals surface area (Å²) in [6.45, 7) is 0. The van der Waals surface area contributed by atoms with E-state index < -0.39 is 6.04 Å². The molecule has 184 valence electrons. The predicted octanol–water partition coefficient (Wildman–Crippen LogP) is 7.70. The van der Waals surface area contributed by atoms with Gasteiger partial charge in [0.2, 0.25) is 0 Å². The first-order chi connectivity index (χ1) is 19.2. The van der Waals surface area contributed by atoms with Crippen LogP contribution in [0.15, 0.2) is 140 Å². The number of hydrogen-bond acceptors (Lipinski definition) is 2. The molecule has 39 heavy (non-hydrogen) atoms. The molecule has 4 heteroatoms. The van der Waals surface area contributed by atoms with Gasteiger partial charge in [-0.25, -0.2) is 4.98 Å². The molecule has 2 heterocycles. The normalized spacial score (nSPS) is 12.2. The zero-order valence-electron chi connectivity index (χ0n) is 21.0. The van der Waals surface area contributed by atoms with Crippen molar-refractivity contribution in [3.05, 3.63) is 140 Å². The molecule has 0 aliphatic heterocycles. The van der Waals surface area contributed by atoms with E-state index in [4.69, 9.17) is 16.8 Å². The van der Waals surface area contributed by atoms with E-state index in [-0.39, 0.29) is 0 Å². The van der Waals surface area contributed by atoms with Crippen LogP contribution in [0.25, 0.3) is 49.1 Å². The minimum atomic E-state index is -2.24. The number of imidazole rings is 1. The molecule has 0 saturated heterocycles. The highest BCUT2D eigenvalue weighted by atomic mass is 32.4. The summed E-state index contributed by atoms with van der Waals surface area (Å²) >= 11 is 6.64. The summed E-state index contributed by atoms with van der Waals surface area (Å²) in [5, 5.41) is 9.62. The first-order valence-corrected chi connectivity index (χ1v) is 15.9. The molecule has 0 saturated carbocycles. The molecule has 0 aliphatic rings. The zero-order valence-corrected chi connectivity index (χ0v) is 22.7. The summed E-state index contributed by atoms with van der Waals surface area (Å²) in [7, 11) is 0. The second kappa shape index (κ2) is 8.61. The molecule has 0 aliphatic carbocycles. The molecule has 0 unspecified atom stereocenters. The molecule has 2 aromatic heterocycles. The van der Waals surface area contributed by atoms with E-state index in [1.807, 2.05) is 0 Å². The van der Waals surface area contributed by atoms with E-state index in [1.54, 1.807) is 0 Å². The topological polar surface area (TPSA) is 17.3 Å². The Morgan fingerprint density at radius 1 is 0.487 bits per heavy atom. The van der Waals surface area contributed by atoms with Gasteiger partial charge in [0, 0.05) is 16.8 Å². The second-order valence-electron chi connectivity index (χ2n) is 9.99. The van der Waals surface area contributed by atoms with Crippen LogP contribution in [0.5, 0.6) is 0 Å². The van der Waals surface area contributed by atoms with Gasteiger partial charge in [-0.05, 0) is 68.5 Å². The molecule has 0 N–H and O–H groups in total. The molecule has 2 nitrogen and oxygen atoms in total. The van der Waals surface area contributed by atoms with E-state index in [1.165, 1.54) is 43.0 Å². The van der Waals surface area contributed by atoms with Gasteiger partial charge in [-0.15, -0.1) is 0 Å². The summed E-state index contributed by atoms with van der Waals surface area (Å²) in [6, 6.07) is 47.5. The number of rotatable bonds is 3. The SMILES string of the molecule is S=P(c1ccccc1)(c1ccccc1)c1ccc2cc3c4ccccc4n4c5ccccc5nc4c3cc2c1. The van der Waals surface area contributed by atoms with Crippen molar-refractivity contribution in [2.45, 2.75) is 0 Å². The Hall–Kier alpha value is -4.30. The fourth-order valence-electron chi connectivity index (χ4n) is 5.96. The van der Waals surface area contributed by atoms with Gasteiger partial charge in [-0.3, -0.25) is 4.40 Å². The summed E-state index contributed by atoms with van der Waals surface area (Å²) in [5.74, 6) is 0. The molecule has 0 amide bonds. The highest BCUT2D eigenvalue weighted by Gasteiger charge is 2.25. The average Bonchev–Trinajstić information content (AvgIpc) is 3.41. The summed E-state index contributed by atoms with van der Waals surface area (Å²) in [5.41, 5.74) is 4.30. The molecule has 0 spiro atoms. The number of benzene rings is 6. The third-order valence-electron chi connectivity index (χ3n) is 7.80. The van der Waals surface area contributed by atoms with Crippen LogP contribution in [0.1, 0.15) is 0 Å². The van der Waals surface area contributed by atoms with Crippen molar-refractivity contribution in [2.75, 3.05) is 0 Å². The van der Waals surface area contributed by atoms with Crippen LogP contribution in [-0.2, 0) is 11.8 Å². The van der Waals surface area contributed by atoms with Crippen molar-refractivity contribution in [2.24, 2.45) is 0 Å². The van der Waals surface area contributed by atoms with Crippen molar-refractivity contribution in [3.8, 4) is 0 Å². The van der Waals surface area contributed by atoms with Gasteiger partial charge < -0.3 is 0 Å². The summed E-state index contributed by atoms with van der Waals surface area (Å²) in [4.78, 5) is 5.12. The second-order valence-corrected chi connectivity index (χ2v) is 14.4. The Labute approximate surface area is 231 Å². The average molecular weight is 535 g/mol. The van der Waals surface area contributed by atoms with E-state index in [9.17, 15) is 0 Å². The molecular weight excluding hydrogens is 511 g/mol. The minimum Gasteiger partial charge on any atom is -0.292 e. The van der Waals surface area contributed by atoms with Gasteiger partial charge >= 0.3 is 0 Å². The number of nitrogens with zero attached hydrogens (tertiary/aromatic N) is 2. The van der Waals surface area contributed by atoms with Crippen molar-refractivity contribution < 1.29 is 0 Å². The third-order valence-corrected chi connectivity index (χ3v) is 12.8. The van der Waals surface area contributed by atoms with Crippen molar-refractivity contribution >= 4 is 82.9 Å². The molecule has 6 aromatic carbocycles. The number of hydrogen-bond donors (Lipinski definition) is 0. The lowest BCUT2D eigenvalue weighted by atomic mass is 10.0. The highest BCUT2D eigenvalue weighted by Crippen LogP contribution is 2.44. The fourth-order valence-corrected chi connectivity index (χ4v) is 9.71. The Morgan fingerprint density at radius 2 is 1.10 bits per heavy atom. The first-order valence-electron chi connectivity index (χ1n) is 13.1. The van der Waals surface area contributed by atoms with Crippen LogP contribution in [0.3, 0.4) is 0 Å². The molecule has 0 bridgehead atoms. The zero-order chi connectivity index (χ0) is 26.0. The maximum atomic E-state index is 6.64. The Balaban J connectivity index is 1.47. The quantitative estimate of drug-likeness (QED) is 0.131. The smallest absolute Gasteiger partial charge is 0.146 e. The number of aromatic nitrogens is 2. The van der Waals surface area contributed by atoms with Gasteiger partial charge in [-0.1, -0.05) is 115 Å². The fraction of sp³-hybridized carbons (Fsp3) is 0. The predicted molar refractivity (Wildman–Crippen MR) is 171 cm³/mol. The van der Waals surface area contributed by atoms with Crippen LogP contribution < -0.4 is 15.9 Å². The number of pyridine rings is 1. The number of fused-ring (bicyclic) bond motifs is 9. The van der Waals surface area contributed by atoms with Gasteiger partial charge in [0.15, 0.2) is 0 Å². The largest absolute Gasteiger partial charge is 0.292 e. The summed E-state index contributed by atoms with van der Waals surface area (Å²) < 4.78 is 2.31. The van der Waals surface area contributed by atoms with Crippen LogP contribution >= 0.6 is 6.04 Å². The molecule has 0 atom stereocenters. The first kappa shape index (κ1) is 22.7. The van der Waals surface area contributed by atoms with Crippen molar-refractivity contribution in [1.29, 1.82) is 0 Å². The summed E-state index contributed by atoms with van der Waals surface area (Å²) in [6.07, 6.45) is 0. The molecule has 8 rings (SSSR count). The standard InChI is InChI=1S/C35H23N2PS/c39-38(26-11-3-1-4-12-26,27-13-5-2-6-14-27)28-20-19-24-22-30-29-15-7-9-17-33(29)37-34-18-10-8-16-32(34)36-35(37)31(30)23-25(24)21-28/h1-23H. The third kappa shape index (κ3) is 3.34. The van der Waals surface area contributed by atoms with Crippen LogP contribution in [0, 0.1) is 0 Å². The Morgan fingerprint density at radius 3 is 1.85 bits per heavy atom. The van der Waals surface area contributed by atoms with Gasteiger partial charge in [0.1, 0.15) is 5.65 Å². The van der Waals surface area contributed by atoms with E-state index in [0.717, 1.165) is 22.1 Å². The van der Waals surface area contributed by atoms with Crippen molar-refractivity contribution in [1.82, 2.24) is 9.38 Å². The lowest BCUT2D eigenvalue weighted by molar-refractivity contribution is 1.32. The number of para-hydroxylation sites is 3. The Bertz CT molecular complexity index is 2210. The monoisotopic (exact) mass is 534 g/mol. The molecule has 8 aromatic rings.